The van der Waals surface area contributed by atoms with Gasteiger partial charge in [0.1, 0.15) is 0 Å². The number of halogens is 2. The van der Waals surface area contributed by atoms with E-state index in [9.17, 15) is 17.2 Å². The lowest BCUT2D eigenvalue weighted by molar-refractivity contribution is 0.507. The summed E-state index contributed by atoms with van der Waals surface area (Å²) in [5.74, 6) is -1.64. The first kappa shape index (κ1) is 18.1. The Bertz CT molecular complexity index is 1070. The van der Waals surface area contributed by atoms with Crippen molar-refractivity contribution in [2.24, 2.45) is 7.05 Å². The zero-order valence-corrected chi connectivity index (χ0v) is 14.8. The Morgan fingerprint density at radius 1 is 1.12 bits per heavy atom. The first-order valence-electron chi connectivity index (χ1n) is 7.55. The van der Waals surface area contributed by atoms with Gasteiger partial charge < -0.3 is 0 Å². The quantitative estimate of drug-likeness (QED) is 0.728. The molecule has 1 heterocycles. The van der Waals surface area contributed by atoms with Gasteiger partial charge in [0.2, 0.25) is 15.8 Å². The van der Waals surface area contributed by atoms with Crippen LogP contribution in [0.3, 0.4) is 0 Å². The van der Waals surface area contributed by atoms with Gasteiger partial charge in [-0.05, 0) is 54.1 Å². The summed E-state index contributed by atoms with van der Waals surface area (Å²) in [6.07, 6.45) is 0.241. The van der Waals surface area contributed by atoms with E-state index in [2.05, 4.69) is 20.1 Å². The van der Waals surface area contributed by atoms with Crippen molar-refractivity contribution in [2.75, 3.05) is 7.05 Å². The summed E-state index contributed by atoms with van der Waals surface area (Å²) in [5, 5.41) is 11.8. The highest BCUT2D eigenvalue weighted by Gasteiger charge is 2.18. The standard InChI is InChI=1S/C16H15F2N5O2S/c1-19-26(24,25)12-5-4-11(7-10-3-6-14(17)15(18)8-10)13(9-12)16-20-22-23(2)21-16/h3-6,8-9,19H,7H2,1-2H3. The number of nitrogens with one attached hydrogen (secondary N) is 1. The second-order valence-electron chi connectivity index (χ2n) is 5.55. The molecule has 1 N–H and O–H groups in total. The molecule has 136 valence electrons. The van der Waals surface area contributed by atoms with Gasteiger partial charge in [0.05, 0.1) is 11.9 Å². The van der Waals surface area contributed by atoms with Crippen LogP contribution in [0.2, 0.25) is 0 Å². The van der Waals surface area contributed by atoms with Crippen LogP contribution in [0.1, 0.15) is 11.1 Å². The van der Waals surface area contributed by atoms with Crippen molar-refractivity contribution in [3.63, 3.8) is 0 Å². The molecule has 0 spiro atoms. The molecule has 0 aliphatic heterocycles. The van der Waals surface area contributed by atoms with Crippen LogP contribution in [0, 0.1) is 11.6 Å². The zero-order chi connectivity index (χ0) is 18.9. The smallest absolute Gasteiger partial charge is 0.214 e. The fourth-order valence-electron chi connectivity index (χ4n) is 2.46. The molecule has 0 aliphatic rings. The SMILES string of the molecule is CNS(=O)(=O)c1ccc(Cc2ccc(F)c(F)c2)c(-c2nnn(C)n2)c1. The Kier molecular flexibility index (Phi) is 4.79. The van der Waals surface area contributed by atoms with Crippen molar-refractivity contribution in [2.45, 2.75) is 11.3 Å². The molecule has 0 unspecified atom stereocenters. The molecule has 0 saturated carbocycles. The van der Waals surface area contributed by atoms with E-state index in [-0.39, 0.29) is 17.1 Å². The molecule has 0 fully saturated rings. The number of benzene rings is 2. The van der Waals surface area contributed by atoms with Gasteiger partial charge in [-0.1, -0.05) is 12.1 Å². The lowest BCUT2D eigenvalue weighted by Gasteiger charge is -2.10. The molecular weight excluding hydrogens is 364 g/mol. The molecule has 1 aromatic heterocycles. The van der Waals surface area contributed by atoms with Gasteiger partial charge in [-0.25, -0.2) is 21.9 Å². The summed E-state index contributed by atoms with van der Waals surface area (Å²) in [6, 6.07) is 8.06. The maximum absolute atomic E-state index is 13.5. The second kappa shape index (κ2) is 6.89. The van der Waals surface area contributed by atoms with Crippen molar-refractivity contribution in [1.29, 1.82) is 0 Å². The Morgan fingerprint density at radius 2 is 1.88 bits per heavy atom. The number of tetrazole rings is 1. The predicted molar refractivity (Wildman–Crippen MR) is 89.6 cm³/mol. The summed E-state index contributed by atoms with van der Waals surface area (Å²) in [5.41, 5.74) is 1.62. The van der Waals surface area contributed by atoms with E-state index in [1.54, 1.807) is 13.1 Å². The highest BCUT2D eigenvalue weighted by Crippen LogP contribution is 2.26. The monoisotopic (exact) mass is 379 g/mol. The molecule has 26 heavy (non-hydrogen) atoms. The van der Waals surface area contributed by atoms with Crippen LogP contribution in [0.5, 0.6) is 0 Å². The van der Waals surface area contributed by atoms with Crippen molar-refractivity contribution >= 4 is 10.0 Å². The molecule has 3 aromatic rings. The number of hydrogen-bond donors (Lipinski definition) is 1. The molecule has 2 aromatic carbocycles. The van der Waals surface area contributed by atoms with Gasteiger partial charge in [-0.3, -0.25) is 0 Å². The van der Waals surface area contributed by atoms with Crippen molar-refractivity contribution < 1.29 is 17.2 Å². The van der Waals surface area contributed by atoms with Gasteiger partial charge in [-0.2, -0.15) is 4.80 Å². The lowest BCUT2D eigenvalue weighted by Crippen LogP contribution is -2.18. The van der Waals surface area contributed by atoms with Crippen LogP contribution in [-0.4, -0.2) is 35.7 Å². The number of aryl methyl sites for hydroxylation is 1. The fourth-order valence-corrected chi connectivity index (χ4v) is 3.22. The second-order valence-corrected chi connectivity index (χ2v) is 7.44. The topological polar surface area (TPSA) is 89.8 Å². The predicted octanol–water partition coefficient (Wildman–Crippen LogP) is 1.65. The molecule has 0 radical (unpaired) electrons. The zero-order valence-electron chi connectivity index (χ0n) is 13.9. The molecule has 10 heteroatoms. The Hall–Kier alpha value is -2.72. The first-order valence-corrected chi connectivity index (χ1v) is 9.03. The molecule has 3 rings (SSSR count). The van der Waals surface area contributed by atoms with E-state index in [0.717, 1.165) is 12.1 Å². The van der Waals surface area contributed by atoms with E-state index in [0.29, 0.717) is 16.7 Å². The molecular formula is C16H15F2N5O2S. The normalized spacial score (nSPS) is 11.7. The Morgan fingerprint density at radius 3 is 2.50 bits per heavy atom. The van der Waals surface area contributed by atoms with Crippen LogP contribution < -0.4 is 4.72 Å². The number of nitrogens with zero attached hydrogens (tertiary/aromatic N) is 4. The molecule has 7 nitrogen and oxygen atoms in total. The van der Waals surface area contributed by atoms with Crippen LogP contribution >= 0.6 is 0 Å². The first-order chi connectivity index (χ1) is 12.3. The summed E-state index contributed by atoms with van der Waals surface area (Å²) in [4.78, 5) is 1.28. The maximum Gasteiger partial charge on any atom is 0.240 e. The molecule has 0 aliphatic carbocycles. The van der Waals surface area contributed by atoms with Gasteiger partial charge in [0, 0.05) is 5.56 Å². The Balaban J connectivity index is 2.10. The third kappa shape index (κ3) is 3.60. The highest BCUT2D eigenvalue weighted by atomic mass is 32.2. The van der Waals surface area contributed by atoms with Crippen LogP contribution in [0.4, 0.5) is 8.78 Å². The van der Waals surface area contributed by atoms with Crippen molar-refractivity contribution in [3.8, 4) is 11.4 Å². The maximum atomic E-state index is 13.5. The third-order valence-corrected chi connectivity index (χ3v) is 5.20. The largest absolute Gasteiger partial charge is 0.240 e. The molecule has 0 amide bonds. The average Bonchev–Trinajstić information content (AvgIpc) is 3.04. The van der Waals surface area contributed by atoms with E-state index < -0.39 is 21.7 Å². The molecule has 0 atom stereocenters. The Labute approximate surface area is 148 Å². The minimum absolute atomic E-state index is 0.0384. The summed E-state index contributed by atoms with van der Waals surface area (Å²) >= 11 is 0. The summed E-state index contributed by atoms with van der Waals surface area (Å²) in [7, 11) is -0.773. The van der Waals surface area contributed by atoms with Crippen LogP contribution in [0.25, 0.3) is 11.4 Å². The van der Waals surface area contributed by atoms with Crippen molar-refractivity contribution in [1.82, 2.24) is 24.9 Å². The summed E-state index contributed by atoms with van der Waals surface area (Å²) in [6.45, 7) is 0. The third-order valence-electron chi connectivity index (χ3n) is 3.79. The number of rotatable bonds is 5. The number of aromatic nitrogens is 4. The minimum atomic E-state index is -3.67. The van der Waals surface area contributed by atoms with Gasteiger partial charge >= 0.3 is 0 Å². The van der Waals surface area contributed by atoms with E-state index in [1.165, 1.54) is 30.0 Å². The average molecular weight is 379 g/mol. The fraction of sp³-hybridized carbons (Fsp3) is 0.188. The number of sulfonamides is 1. The number of hydrogen-bond acceptors (Lipinski definition) is 5. The van der Waals surface area contributed by atoms with Gasteiger partial charge in [0.15, 0.2) is 11.6 Å². The van der Waals surface area contributed by atoms with Crippen molar-refractivity contribution in [3.05, 3.63) is 59.2 Å². The van der Waals surface area contributed by atoms with E-state index in [1.807, 2.05) is 0 Å². The molecule has 0 saturated heterocycles. The van der Waals surface area contributed by atoms with Crippen LogP contribution in [-0.2, 0) is 23.5 Å². The molecule has 0 bridgehead atoms. The van der Waals surface area contributed by atoms with E-state index >= 15 is 0 Å². The lowest BCUT2D eigenvalue weighted by atomic mass is 9.99. The highest BCUT2D eigenvalue weighted by molar-refractivity contribution is 7.89. The van der Waals surface area contributed by atoms with E-state index in [4.69, 9.17) is 0 Å². The van der Waals surface area contributed by atoms with Crippen LogP contribution in [0.15, 0.2) is 41.3 Å². The van der Waals surface area contributed by atoms with Gasteiger partial charge in [0.25, 0.3) is 0 Å². The summed E-state index contributed by atoms with van der Waals surface area (Å²) < 4.78 is 53.0. The van der Waals surface area contributed by atoms with Gasteiger partial charge in [-0.15, -0.1) is 10.2 Å². The minimum Gasteiger partial charge on any atom is -0.214 e.